The van der Waals surface area contributed by atoms with Crippen molar-refractivity contribution in [1.82, 2.24) is 4.98 Å². The molecule has 0 spiro atoms. The molecule has 1 aliphatic rings. The van der Waals surface area contributed by atoms with Gasteiger partial charge in [0.15, 0.2) is 0 Å². The van der Waals surface area contributed by atoms with E-state index >= 15 is 0 Å². The van der Waals surface area contributed by atoms with E-state index in [1.807, 2.05) is 35.2 Å². The molecule has 1 saturated heterocycles. The fourth-order valence-electron chi connectivity index (χ4n) is 3.57. The van der Waals surface area contributed by atoms with Crippen LogP contribution < -0.4 is 9.80 Å². The molecule has 1 fully saturated rings. The molecule has 0 unspecified atom stereocenters. The summed E-state index contributed by atoms with van der Waals surface area (Å²) in [6.07, 6.45) is 1.62. The number of rotatable bonds is 6. The fraction of sp³-hybridized carbons (Fsp3) is 0.217. The molecule has 1 aliphatic heterocycles. The summed E-state index contributed by atoms with van der Waals surface area (Å²) < 4.78 is 5.34. The predicted octanol–water partition coefficient (Wildman–Crippen LogP) is 3.67. The van der Waals surface area contributed by atoms with Crippen molar-refractivity contribution >= 4 is 23.1 Å². The quantitative estimate of drug-likeness (QED) is 0.448. The molecule has 0 atom stereocenters. The standard InChI is InChI=1S/C23H22N4O4/c28-23(26(22-8-4-5-11-24-22)17-18-6-2-1-3-7-18)19-9-10-20(21(16-19)27(29)30)25-12-14-31-15-13-25/h1-11,16H,12-15,17H2. The fourth-order valence-corrected chi connectivity index (χ4v) is 3.57. The van der Waals surface area contributed by atoms with E-state index in [4.69, 9.17) is 4.74 Å². The summed E-state index contributed by atoms with van der Waals surface area (Å²) in [6, 6.07) is 19.5. The van der Waals surface area contributed by atoms with Crippen molar-refractivity contribution in [3.8, 4) is 0 Å². The average Bonchev–Trinajstić information content (AvgIpc) is 2.83. The Morgan fingerprint density at radius 2 is 1.81 bits per heavy atom. The van der Waals surface area contributed by atoms with Crippen LogP contribution in [0.2, 0.25) is 0 Å². The minimum Gasteiger partial charge on any atom is -0.378 e. The molecule has 2 heterocycles. The van der Waals surface area contributed by atoms with E-state index in [0.717, 1.165) is 5.56 Å². The molecule has 8 nitrogen and oxygen atoms in total. The van der Waals surface area contributed by atoms with Gasteiger partial charge in [-0.05, 0) is 29.8 Å². The van der Waals surface area contributed by atoms with Crippen LogP contribution in [0.3, 0.4) is 0 Å². The molecular weight excluding hydrogens is 396 g/mol. The molecular formula is C23H22N4O4. The highest BCUT2D eigenvalue weighted by molar-refractivity contribution is 6.06. The third kappa shape index (κ3) is 4.70. The van der Waals surface area contributed by atoms with E-state index in [2.05, 4.69) is 4.98 Å². The molecule has 0 saturated carbocycles. The number of benzene rings is 2. The Labute approximate surface area is 179 Å². The molecule has 0 N–H and O–H groups in total. The number of nitrogens with zero attached hydrogens (tertiary/aromatic N) is 4. The third-order valence-electron chi connectivity index (χ3n) is 5.13. The molecule has 0 radical (unpaired) electrons. The van der Waals surface area contributed by atoms with Gasteiger partial charge in [-0.2, -0.15) is 0 Å². The highest BCUT2D eigenvalue weighted by Crippen LogP contribution is 2.31. The zero-order valence-electron chi connectivity index (χ0n) is 16.9. The number of ether oxygens (including phenoxy) is 1. The van der Waals surface area contributed by atoms with E-state index in [1.54, 1.807) is 36.5 Å². The van der Waals surface area contributed by atoms with Gasteiger partial charge < -0.3 is 9.64 Å². The van der Waals surface area contributed by atoms with Crippen LogP contribution in [0.5, 0.6) is 0 Å². The van der Waals surface area contributed by atoms with Crippen molar-refractivity contribution in [2.24, 2.45) is 0 Å². The number of carbonyl (C=O) groups excluding carboxylic acids is 1. The van der Waals surface area contributed by atoms with Gasteiger partial charge in [-0.25, -0.2) is 4.98 Å². The number of aromatic nitrogens is 1. The summed E-state index contributed by atoms with van der Waals surface area (Å²) in [5, 5.41) is 11.8. The van der Waals surface area contributed by atoms with Crippen molar-refractivity contribution in [3.05, 3.63) is 94.2 Å². The van der Waals surface area contributed by atoms with Gasteiger partial charge in [0.2, 0.25) is 0 Å². The Bertz CT molecular complexity index is 1050. The zero-order valence-corrected chi connectivity index (χ0v) is 16.9. The minimum absolute atomic E-state index is 0.0894. The van der Waals surface area contributed by atoms with Crippen LogP contribution in [0, 0.1) is 10.1 Å². The maximum atomic E-state index is 13.4. The van der Waals surface area contributed by atoms with E-state index in [1.165, 1.54) is 11.0 Å². The molecule has 3 aromatic rings. The number of anilines is 2. The number of pyridine rings is 1. The normalized spacial score (nSPS) is 13.6. The van der Waals surface area contributed by atoms with E-state index < -0.39 is 4.92 Å². The van der Waals surface area contributed by atoms with Gasteiger partial charge in [-0.1, -0.05) is 36.4 Å². The number of nitro benzene ring substituents is 1. The summed E-state index contributed by atoms with van der Waals surface area (Å²) in [5.74, 6) is 0.135. The first-order valence-corrected chi connectivity index (χ1v) is 10.0. The number of nitro groups is 1. The lowest BCUT2D eigenvalue weighted by Crippen LogP contribution is -2.36. The van der Waals surface area contributed by atoms with Crippen molar-refractivity contribution in [2.75, 3.05) is 36.1 Å². The molecule has 31 heavy (non-hydrogen) atoms. The monoisotopic (exact) mass is 418 g/mol. The Balaban J connectivity index is 1.69. The number of carbonyl (C=O) groups is 1. The van der Waals surface area contributed by atoms with Gasteiger partial charge >= 0.3 is 0 Å². The molecule has 4 rings (SSSR count). The van der Waals surface area contributed by atoms with Gasteiger partial charge in [0.1, 0.15) is 11.5 Å². The topological polar surface area (TPSA) is 88.8 Å². The summed E-state index contributed by atoms with van der Waals surface area (Å²) in [7, 11) is 0. The zero-order chi connectivity index (χ0) is 21.6. The van der Waals surface area contributed by atoms with Crippen molar-refractivity contribution in [3.63, 3.8) is 0 Å². The van der Waals surface area contributed by atoms with Crippen LogP contribution in [0.1, 0.15) is 15.9 Å². The van der Waals surface area contributed by atoms with E-state index in [0.29, 0.717) is 44.4 Å². The second-order valence-corrected chi connectivity index (χ2v) is 7.12. The van der Waals surface area contributed by atoms with Gasteiger partial charge in [-0.15, -0.1) is 0 Å². The Kier molecular flexibility index (Phi) is 6.18. The first-order valence-electron chi connectivity index (χ1n) is 10.0. The molecule has 0 aliphatic carbocycles. The van der Waals surface area contributed by atoms with Crippen LogP contribution in [-0.2, 0) is 11.3 Å². The van der Waals surface area contributed by atoms with Gasteiger partial charge in [0.05, 0.1) is 24.7 Å². The maximum Gasteiger partial charge on any atom is 0.293 e. The van der Waals surface area contributed by atoms with Crippen molar-refractivity contribution in [2.45, 2.75) is 6.54 Å². The Hall–Kier alpha value is -3.78. The van der Waals surface area contributed by atoms with Gasteiger partial charge in [0.25, 0.3) is 11.6 Å². The first-order chi connectivity index (χ1) is 15.1. The lowest BCUT2D eigenvalue weighted by Gasteiger charge is -2.28. The minimum atomic E-state index is -0.441. The molecule has 158 valence electrons. The summed E-state index contributed by atoms with van der Waals surface area (Å²) in [4.78, 5) is 32.5. The number of hydrogen-bond acceptors (Lipinski definition) is 6. The number of amides is 1. The SMILES string of the molecule is O=C(c1ccc(N2CCOCC2)c([N+](=O)[O-])c1)N(Cc1ccccc1)c1ccccn1. The van der Waals surface area contributed by atoms with Gasteiger partial charge in [-0.3, -0.25) is 19.8 Å². The Morgan fingerprint density at radius 3 is 2.48 bits per heavy atom. The van der Waals surface area contributed by atoms with E-state index in [-0.39, 0.29) is 17.2 Å². The highest BCUT2D eigenvalue weighted by Gasteiger charge is 2.26. The lowest BCUT2D eigenvalue weighted by atomic mass is 10.1. The molecule has 1 aromatic heterocycles. The smallest absolute Gasteiger partial charge is 0.293 e. The predicted molar refractivity (Wildman–Crippen MR) is 117 cm³/mol. The molecule has 8 heteroatoms. The van der Waals surface area contributed by atoms with Crippen molar-refractivity contribution < 1.29 is 14.5 Å². The summed E-state index contributed by atoms with van der Waals surface area (Å²) >= 11 is 0. The van der Waals surface area contributed by atoms with Crippen LogP contribution in [0.25, 0.3) is 0 Å². The van der Waals surface area contributed by atoms with Crippen LogP contribution >= 0.6 is 0 Å². The van der Waals surface area contributed by atoms with Gasteiger partial charge in [0, 0.05) is 30.9 Å². The molecule has 0 bridgehead atoms. The third-order valence-corrected chi connectivity index (χ3v) is 5.13. The highest BCUT2D eigenvalue weighted by atomic mass is 16.6. The maximum absolute atomic E-state index is 13.4. The largest absolute Gasteiger partial charge is 0.378 e. The lowest BCUT2D eigenvalue weighted by molar-refractivity contribution is -0.384. The van der Waals surface area contributed by atoms with Crippen LogP contribution in [0.15, 0.2) is 72.9 Å². The van der Waals surface area contributed by atoms with Crippen LogP contribution in [-0.4, -0.2) is 42.1 Å². The average molecular weight is 418 g/mol. The Morgan fingerprint density at radius 1 is 1.06 bits per heavy atom. The first kappa shape index (κ1) is 20.5. The summed E-state index contributed by atoms with van der Waals surface area (Å²) in [5.41, 5.74) is 1.58. The summed E-state index contributed by atoms with van der Waals surface area (Å²) in [6.45, 7) is 2.48. The second-order valence-electron chi connectivity index (χ2n) is 7.12. The molecule has 2 aromatic carbocycles. The second kappa shape index (κ2) is 9.36. The number of hydrogen-bond donors (Lipinski definition) is 0. The van der Waals surface area contributed by atoms with Crippen molar-refractivity contribution in [1.29, 1.82) is 0 Å². The number of morpholine rings is 1. The molecule has 1 amide bonds. The van der Waals surface area contributed by atoms with E-state index in [9.17, 15) is 14.9 Å². The van der Waals surface area contributed by atoms with Crippen LogP contribution in [0.4, 0.5) is 17.2 Å².